The third-order valence-corrected chi connectivity index (χ3v) is 5.32. The molecule has 3 aromatic rings. The van der Waals surface area contributed by atoms with Gasteiger partial charge in [-0.1, -0.05) is 18.2 Å². The second-order valence-corrected chi connectivity index (χ2v) is 7.36. The van der Waals surface area contributed by atoms with Crippen LogP contribution in [0.2, 0.25) is 0 Å². The summed E-state index contributed by atoms with van der Waals surface area (Å²) in [5.74, 6) is -0.476. The van der Waals surface area contributed by atoms with E-state index in [9.17, 15) is 0 Å². The lowest BCUT2D eigenvalue weighted by molar-refractivity contribution is -0.249. The Morgan fingerprint density at radius 2 is 1.29 bits per heavy atom. The van der Waals surface area contributed by atoms with Crippen LogP contribution in [-0.2, 0) is 18.9 Å². The van der Waals surface area contributed by atoms with Crippen LogP contribution in [0.15, 0.2) is 65.3 Å². The van der Waals surface area contributed by atoms with E-state index in [4.69, 9.17) is 32.8 Å². The average Bonchev–Trinajstić information content (AvgIpc) is 3.55. The zero-order valence-corrected chi connectivity index (χ0v) is 16.6. The monoisotopic (exact) mass is 420 g/mol. The van der Waals surface area contributed by atoms with Gasteiger partial charge in [0.2, 0.25) is 0 Å². The fraction of sp³-hybridized carbons (Fsp3) is 0.250. The largest absolute Gasteiger partial charge is 0.464 e. The van der Waals surface area contributed by atoms with Crippen LogP contribution in [0.4, 0.5) is 0 Å². The van der Waals surface area contributed by atoms with E-state index in [1.807, 2.05) is 60.7 Å². The minimum Gasteiger partial charge on any atom is -0.464 e. The summed E-state index contributed by atoms with van der Waals surface area (Å²) in [4.78, 5) is 0. The van der Waals surface area contributed by atoms with E-state index in [1.54, 1.807) is 12.3 Å². The van der Waals surface area contributed by atoms with Crippen LogP contribution >= 0.6 is 0 Å². The van der Waals surface area contributed by atoms with Crippen LogP contribution in [0, 0.1) is 0 Å². The molecule has 0 bridgehead atoms. The highest BCUT2D eigenvalue weighted by Gasteiger charge is 2.40. The number of hydrogen-bond donors (Lipinski definition) is 0. The van der Waals surface area contributed by atoms with E-state index in [1.165, 1.54) is 0 Å². The van der Waals surface area contributed by atoms with Crippen LogP contribution in [-0.4, -0.2) is 38.4 Å². The molecule has 7 nitrogen and oxygen atoms in total. The molecule has 7 heteroatoms. The van der Waals surface area contributed by atoms with E-state index in [0.29, 0.717) is 26.4 Å². The van der Waals surface area contributed by atoms with Crippen LogP contribution < -0.4 is 9.47 Å². The van der Waals surface area contributed by atoms with Crippen molar-refractivity contribution in [2.75, 3.05) is 26.4 Å². The summed E-state index contributed by atoms with van der Waals surface area (Å²) in [6.45, 7) is 2.24. The first-order chi connectivity index (χ1) is 15.2. The normalized spacial score (nSPS) is 21.3. The van der Waals surface area contributed by atoms with E-state index < -0.39 is 11.9 Å². The molecule has 2 fully saturated rings. The Labute approximate surface area is 178 Å². The van der Waals surface area contributed by atoms with Gasteiger partial charge >= 0.3 is 11.9 Å². The molecule has 0 N–H and O–H groups in total. The lowest BCUT2D eigenvalue weighted by Gasteiger charge is -2.28. The zero-order valence-electron chi connectivity index (χ0n) is 16.6. The Balaban J connectivity index is 0.000000122. The topological polar surface area (TPSA) is 68.5 Å². The second kappa shape index (κ2) is 7.25. The third-order valence-electron chi connectivity index (χ3n) is 5.32. The molecular formula is C24H20O7. The van der Waals surface area contributed by atoms with Gasteiger partial charge in [0.1, 0.15) is 17.1 Å². The van der Waals surface area contributed by atoms with Crippen LogP contribution in [0.25, 0.3) is 23.1 Å². The van der Waals surface area contributed by atoms with Gasteiger partial charge in [-0.05, 0) is 30.4 Å². The van der Waals surface area contributed by atoms with Crippen LogP contribution in [0.5, 0.6) is 11.5 Å². The summed E-state index contributed by atoms with van der Waals surface area (Å²) in [5, 5.41) is 1.06. The lowest BCUT2D eigenvalue weighted by Crippen LogP contribution is -2.36. The maximum atomic E-state index is 5.77. The molecule has 4 aliphatic heterocycles. The molecule has 0 saturated carbocycles. The Bertz CT molecular complexity index is 1160. The smallest absolute Gasteiger partial charge is 0.349 e. The molecule has 5 heterocycles. The van der Waals surface area contributed by atoms with Crippen LogP contribution in [0.1, 0.15) is 11.1 Å². The van der Waals surface area contributed by atoms with Crippen molar-refractivity contribution >= 4 is 23.1 Å². The number of hydrogen-bond acceptors (Lipinski definition) is 7. The number of para-hydroxylation sites is 1. The van der Waals surface area contributed by atoms with E-state index in [-0.39, 0.29) is 0 Å². The highest BCUT2D eigenvalue weighted by Crippen LogP contribution is 2.37. The molecule has 158 valence electrons. The van der Waals surface area contributed by atoms with Crippen molar-refractivity contribution in [1.82, 2.24) is 0 Å². The minimum atomic E-state index is -1.03. The summed E-state index contributed by atoms with van der Waals surface area (Å²) in [6.07, 6.45) is 9.19. The highest BCUT2D eigenvalue weighted by atomic mass is 16.9. The summed E-state index contributed by atoms with van der Waals surface area (Å²) in [7, 11) is 0. The molecule has 2 aromatic carbocycles. The van der Waals surface area contributed by atoms with Gasteiger partial charge in [-0.2, -0.15) is 0 Å². The van der Waals surface area contributed by atoms with E-state index in [2.05, 4.69) is 0 Å². The quantitative estimate of drug-likeness (QED) is 0.536. The van der Waals surface area contributed by atoms with Crippen molar-refractivity contribution in [2.45, 2.75) is 11.9 Å². The number of benzene rings is 2. The Morgan fingerprint density at radius 1 is 0.645 bits per heavy atom. The number of ether oxygens (including phenoxy) is 6. The average molecular weight is 420 g/mol. The van der Waals surface area contributed by atoms with Gasteiger partial charge in [0.25, 0.3) is 0 Å². The number of rotatable bonds is 0. The standard InChI is InChI=1S/C13H10O4.C11H10O3/c1-3-13(15-5-6-16-13)17-12-8-11-10(2-4-14-11)7-9(1)12;1-2-4-10-9(3-1)5-6-11(14-10)12-7-8-13-11/h1-4,7-8H,5-6H2;1-6H,7-8H2. The van der Waals surface area contributed by atoms with Crippen molar-refractivity contribution in [3.8, 4) is 11.5 Å². The molecule has 0 radical (unpaired) electrons. The summed E-state index contributed by atoms with van der Waals surface area (Å²) >= 11 is 0. The molecule has 0 amide bonds. The van der Waals surface area contributed by atoms with Gasteiger partial charge in [0.05, 0.1) is 32.7 Å². The summed E-state index contributed by atoms with van der Waals surface area (Å²) < 4.78 is 38.5. The minimum absolute atomic E-state index is 0.544. The fourth-order valence-corrected chi connectivity index (χ4v) is 3.83. The van der Waals surface area contributed by atoms with Crippen molar-refractivity contribution < 1.29 is 32.8 Å². The van der Waals surface area contributed by atoms with Crippen molar-refractivity contribution in [3.05, 3.63) is 72.0 Å². The zero-order chi connectivity index (χ0) is 20.7. The number of furan rings is 1. The van der Waals surface area contributed by atoms with E-state index in [0.717, 1.165) is 33.6 Å². The van der Waals surface area contributed by atoms with Gasteiger partial charge < -0.3 is 32.8 Å². The third kappa shape index (κ3) is 3.41. The molecule has 2 saturated heterocycles. The first kappa shape index (κ1) is 18.7. The molecule has 0 unspecified atom stereocenters. The maximum Gasteiger partial charge on any atom is 0.349 e. The molecule has 4 aliphatic rings. The molecule has 0 aliphatic carbocycles. The first-order valence-electron chi connectivity index (χ1n) is 10.2. The van der Waals surface area contributed by atoms with Gasteiger partial charge in [-0.25, -0.2) is 0 Å². The summed E-state index contributed by atoms with van der Waals surface area (Å²) in [5.41, 5.74) is 2.85. The predicted molar refractivity (Wildman–Crippen MR) is 111 cm³/mol. The van der Waals surface area contributed by atoms with E-state index >= 15 is 0 Å². The van der Waals surface area contributed by atoms with Gasteiger partial charge in [0.15, 0.2) is 0 Å². The lowest BCUT2D eigenvalue weighted by atomic mass is 10.1. The molecular weight excluding hydrogens is 400 g/mol. The number of fused-ring (bicyclic) bond motifs is 3. The van der Waals surface area contributed by atoms with Crippen molar-refractivity contribution in [2.24, 2.45) is 0 Å². The van der Waals surface area contributed by atoms with Crippen molar-refractivity contribution in [1.29, 1.82) is 0 Å². The molecule has 1 aromatic heterocycles. The van der Waals surface area contributed by atoms with Gasteiger partial charge in [-0.3, -0.25) is 0 Å². The van der Waals surface area contributed by atoms with Gasteiger partial charge in [0, 0.05) is 34.7 Å². The maximum absolute atomic E-state index is 5.77. The van der Waals surface area contributed by atoms with Crippen LogP contribution in [0.3, 0.4) is 0 Å². The molecule has 0 atom stereocenters. The molecule has 2 spiro atoms. The van der Waals surface area contributed by atoms with Crippen molar-refractivity contribution in [3.63, 3.8) is 0 Å². The summed E-state index contributed by atoms with van der Waals surface area (Å²) in [6, 6.07) is 13.6. The highest BCUT2D eigenvalue weighted by molar-refractivity contribution is 5.83. The van der Waals surface area contributed by atoms with Gasteiger partial charge in [-0.15, -0.1) is 0 Å². The SMILES string of the molecule is C1=CC2(OCCO2)Oc2cc3occc3cc21.C1=CC2(OCCO2)Oc2ccccc21. The first-order valence-corrected chi connectivity index (χ1v) is 10.2. The molecule has 7 rings (SSSR count). The Morgan fingerprint density at radius 3 is 2.03 bits per heavy atom. The Hall–Kier alpha value is -3.10. The second-order valence-electron chi connectivity index (χ2n) is 7.36. The molecule has 31 heavy (non-hydrogen) atoms. The predicted octanol–water partition coefficient (Wildman–Crippen LogP) is 4.33. The Kier molecular flexibility index (Phi) is 4.36. The fourth-order valence-electron chi connectivity index (χ4n) is 3.83.